The third kappa shape index (κ3) is 3.45. The molecule has 0 saturated carbocycles. The topological polar surface area (TPSA) is 78.3 Å². The Bertz CT molecular complexity index is 371. The average molecular weight is 432 g/mol. The van der Waals surface area contributed by atoms with Gasteiger partial charge in [-0.2, -0.15) is 0 Å². The molecular weight excluding hydrogens is 422 g/mol. The monoisotopic (exact) mass is 432 g/mol. The number of nitrogens with two attached hydrogens (primary N) is 2. The molecule has 0 spiro atoms. The van der Waals surface area contributed by atoms with Crippen LogP contribution >= 0.6 is 45.2 Å². The molecule has 0 aliphatic rings. The highest BCUT2D eigenvalue weighted by Crippen LogP contribution is 2.27. The molecule has 0 amide bonds. The molecule has 0 saturated heterocycles. The van der Waals surface area contributed by atoms with E-state index < -0.39 is 12.0 Å². The highest BCUT2D eigenvalue weighted by molar-refractivity contribution is 14.1. The van der Waals surface area contributed by atoms with Crippen molar-refractivity contribution in [3.8, 4) is 5.75 Å². The molecule has 6 heteroatoms. The van der Waals surface area contributed by atoms with E-state index in [2.05, 4.69) is 45.2 Å². The van der Waals surface area contributed by atoms with Gasteiger partial charge in [-0.05, 0) is 64.2 Å². The van der Waals surface area contributed by atoms with E-state index in [1.54, 1.807) is 19.1 Å². The van der Waals surface area contributed by atoms with Crippen LogP contribution in [0.15, 0.2) is 12.1 Å². The fraction of sp³-hybridized carbons (Fsp3) is 0.222. The zero-order valence-electron chi connectivity index (χ0n) is 7.96. The van der Waals surface area contributed by atoms with Crippen molar-refractivity contribution in [1.29, 1.82) is 0 Å². The average Bonchev–Trinajstić information content (AvgIpc) is 2.13. The number of ether oxygens (including phenoxy) is 1. The number of rotatable bonds is 2. The number of nitrogen functional groups attached to an aromatic ring is 1. The van der Waals surface area contributed by atoms with E-state index in [4.69, 9.17) is 16.2 Å². The van der Waals surface area contributed by atoms with E-state index >= 15 is 0 Å². The van der Waals surface area contributed by atoms with Crippen molar-refractivity contribution >= 4 is 56.8 Å². The van der Waals surface area contributed by atoms with E-state index in [-0.39, 0.29) is 0 Å². The summed E-state index contributed by atoms with van der Waals surface area (Å²) in [6, 6.07) is 2.79. The van der Waals surface area contributed by atoms with Gasteiger partial charge in [-0.25, -0.2) is 4.79 Å². The second kappa shape index (κ2) is 5.30. The Balaban J connectivity index is 2.93. The molecule has 0 aliphatic heterocycles. The first kappa shape index (κ1) is 13.0. The van der Waals surface area contributed by atoms with Crippen LogP contribution in [0.5, 0.6) is 5.75 Å². The number of esters is 1. The molecule has 1 aromatic rings. The Morgan fingerprint density at radius 1 is 1.40 bits per heavy atom. The first-order chi connectivity index (χ1) is 6.91. The van der Waals surface area contributed by atoms with Crippen molar-refractivity contribution in [2.24, 2.45) is 5.73 Å². The summed E-state index contributed by atoms with van der Waals surface area (Å²) >= 11 is 4.17. The molecule has 0 fully saturated rings. The summed E-state index contributed by atoms with van der Waals surface area (Å²) in [5.74, 6) is 0.0201. The molecule has 0 bridgehead atoms. The van der Waals surface area contributed by atoms with Crippen molar-refractivity contribution < 1.29 is 9.53 Å². The minimum atomic E-state index is -0.627. The largest absolute Gasteiger partial charge is 0.425 e. The quantitative estimate of drug-likeness (QED) is 0.323. The molecular formula is C9H10I2N2O2. The maximum atomic E-state index is 11.2. The highest BCUT2D eigenvalue weighted by Gasteiger charge is 2.12. The lowest BCUT2D eigenvalue weighted by molar-refractivity contribution is -0.135. The Morgan fingerprint density at radius 2 is 1.87 bits per heavy atom. The summed E-state index contributed by atoms with van der Waals surface area (Å²) in [4.78, 5) is 11.2. The summed E-state index contributed by atoms with van der Waals surface area (Å²) in [5.41, 5.74) is 11.8. The van der Waals surface area contributed by atoms with Gasteiger partial charge in [-0.1, -0.05) is 0 Å². The predicted molar refractivity (Wildman–Crippen MR) is 75.6 cm³/mol. The van der Waals surface area contributed by atoms with Crippen molar-refractivity contribution in [2.45, 2.75) is 13.0 Å². The van der Waals surface area contributed by atoms with Gasteiger partial charge >= 0.3 is 5.97 Å². The van der Waals surface area contributed by atoms with Gasteiger partial charge in [0.05, 0.1) is 5.69 Å². The lowest BCUT2D eigenvalue weighted by Crippen LogP contribution is -2.30. The lowest BCUT2D eigenvalue weighted by atomic mass is 10.3. The van der Waals surface area contributed by atoms with Crippen LogP contribution in [-0.4, -0.2) is 12.0 Å². The zero-order valence-corrected chi connectivity index (χ0v) is 12.3. The molecule has 4 nitrogen and oxygen atoms in total. The number of carbonyl (C=O) groups excluding carboxylic acids is 1. The first-order valence-electron chi connectivity index (χ1n) is 4.13. The summed E-state index contributed by atoms with van der Waals surface area (Å²) in [6.07, 6.45) is 0. The minimum absolute atomic E-state index is 0.452. The Hall–Kier alpha value is -0.0900. The predicted octanol–water partition coefficient (Wildman–Crippen LogP) is 1.73. The van der Waals surface area contributed by atoms with E-state index in [9.17, 15) is 4.79 Å². The fourth-order valence-corrected chi connectivity index (χ4v) is 2.54. The molecule has 0 aliphatic carbocycles. The molecule has 1 atom stereocenters. The van der Waals surface area contributed by atoms with Crippen LogP contribution < -0.4 is 16.2 Å². The molecule has 0 aromatic heterocycles. The second-order valence-corrected chi connectivity index (χ2v) is 5.33. The minimum Gasteiger partial charge on any atom is -0.425 e. The van der Waals surface area contributed by atoms with Crippen LogP contribution in [0.4, 0.5) is 5.69 Å². The van der Waals surface area contributed by atoms with Gasteiger partial charge in [-0.3, -0.25) is 0 Å². The Morgan fingerprint density at radius 3 is 2.27 bits per heavy atom. The van der Waals surface area contributed by atoms with Gasteiger partial charge in [-0.15, -0.1) is 0 Å². The summed E-state index contributed by atoms with van der Waals surface area (Å²) in [7, 11) is 0. The molecule has 0 radical (unpaired) electrons. The molecule has 1 rings (SSSR count). The van der Waals surface area contributed by atoms with Crippen molar-refractivity contribution in [2.75, 3.05) is 5.73 Å². The molecule has 0 heterocycles. The molecule has 15 heavy (non-hydrogen) atoms. The number of halogens is 2. The van der Waals surface area contributed by atoms with Gasteiger partial charge in [0.1, 0.15) is 11.8 Å². The number of benzene rings is 1. The summed E-state index contributed by atoms with van der Waals surface area (Å²) in [5, 5.41) is 0. The SMILES string of the molecule is C[C@H](N)C(=O)Oc1cc(I)c(N)c(I)c1. The highest BCUT2D eigenvalue weighted by atomic mass is 127. The summed E-state index contributed by atoms with van der Waals surface area (Å²) in [6.45, 7) is 1.58. The molecule has 0 unspecified atom stereocenters. The standard InChI is InChI=1S/C9H10I2N2O2/c1-4(12)9(14)15-5-2-6(10)8(13)7(11)3-5/h2-4H,12-13H2,1H3/t4-/m0/s1. The van der Waals surface area contributed by atoms with Crippen LogP contribution in [0.25, 0.3) is 0 Å². The maximum Gasteiger partial charge on any atom is 0.328 e. The fourth-order valence-electron chi connectivity index (χ4n) is 0.829. The second-order valence-electron chi connectivity index (χ2n) is 3.01. The van der Waals surface area contributed by atoms with Crippen LogP contribution in [0.1, 0.15) is 6.92 Å². The van der Waals surface area contributed by atoms with Crippen LogP contribution in [0.3, 0.4) is 0 Å². The normalized spacial score (nSPS) is 12.3. The van der Waals surface area contributed by atoms with Gasteiger partial charge in [0.2, 0.25) is 0 Å². The van der Waals surface area contributed by atoms with Gasteiger partial charge < -0.3 is 16.2 Å². The number of hydrogen-bond acceptors (Lipinski definition) is 4. The smallest absolute Gasteiger partial charge is 0.328 e. The van der Waals surface area contributed by atoms with Gasteiger partial charge in [0.15, 0.2) is 0 Å². The number of hydrogen-bond donors (Lipinski definition) is 2. The number of carbonyl (C=O) groups is 1. The number of anilines is 1. The maximum absolute atomic E-state index is 11.2. The van der Waals surface area contributed by atoms with E-state index in [1.165, 1.54) is 0 Å². The lowest BCUT2D eigenvalue weighted by Gasteiger charge is -2.09. The van der Waals surface area contributed by atoms with Gasteiger partial charge in [0.25, 0.3) is 0 Å². The van der Waals surface area contributed by atoms with Crippen LogP contribution in [0.2, 0.25) is 0 Å². The van der Waals surface area contributed by atoms with E-state index in [0.717, 1.165) is 7.14 Å². The Kier molecular flexibility index (Phi) is 4.59. The van der Waals surface area contributed by atoms with Crippen LogP contribution in [-0.2, 0) is 4.79 Å². The zero-order chi connectivity index (χ0) is 11.6. The third-order valence-corrected chi connectivity index (χ3v) is 3.43. The third-order valence-electron chi connectivity index (χ3n) is 1.64. The molecule has 1 aromatic carbocycles. The van der Waals surface area contributed by atoms with E-state index in [1.807, 2.05) is 0 Å². The molecule has 82 valence electrons. The van der Waals surface area contributed by atoms with Crippen molar-refractivity contribution in [3.05, 3.63) is 19.3 Å². The van der Waals surface area contributed by atoms with Crippen molar-refractivity contribution in [3.63, 3.8) is 0 Å². The van der Waals surface area contributed by atoms with Gasteiger partial charge in [0, 0.05) is 7.14 Å². The summed E-state index contributed by atoms with van der Waals surface area (Å²) < 4.78 is 6.77. The van der Waals surface area contributed by atoms with Crippen molar-refractivity contribution in [1.82, 2.24) is 0 Å². The van der Waals surface area contributed by atoms with Crippen LogP contribution in [0, 0.1) is 7.14 Å². The Labute approximate surface area is 115 Å². The first-order valence-corrected chi connectivity index (χ1v) is 6.29. The van der Waals surface area contributed by atoms with E-state index in [0.29, 0.717) is 11.4 Å². The molecule has 4 N–H and O–H groups in total.